The fraction of sp³-hybridized carbons (Fsp3) is 0.833. The van der Waals surface area contributed by atoms with E-state index in [4.69, 9.17) is 0 Å². The van der Waals surface area contributed by atoms with Crippen LogP contribution in [-0.4, -0.2) is 42.6 Å². The number of nitrogens with zero attached hydrogens (tertiary/aromatic N) is 3. The first-order valence-electron chi connectivity index (χ1n) is 6.55. The minimum Gasteiger partial charge on any atom is -0.353 e. The van der Waals surface area contributed by atoms with Crippen molar-refractivity contribution in [3.05, 3.63) is 0 Å². The van der Waals surface area contributed by atoms with E-state index >= 15 is 0 Å². The SMILES string of the molecule is CNC1CCCCCC1Sc1nnc(N(C)C)s1. The Balaban J connectivity index is 2.00. The van der Waals surface area contributed by atoms with Gasteiger partial charge in [0.15, 0.2) is 4.34 Å². The Hall–Kier alpha value is -0.330. The monoisotopic (exact) mass is 286 g/mol. The van der Waals surface area contributed by atoms with Gasteiger partial charge in [-0.1, -0.05) is 42.4 Å². The fourth-order valence-corrected chi connectivity index (χ4v) is 4.66. The van der Waals surface area contributed by atoms with Crippen LogP contribution < -0.4 is 10.2 Å². The summed E-state index contributed by atoms with van der Waals surface area (Å²) in [5, 5.41) is 13.6. The van der Waals surface area contributed by atoms with E-state index in [9.17, 15) is 0 Å². The summed E-state index contributed by atoms with van der Waals surface area (Å²) >= 11 is 3.60. The van der Waals surface area contributed by atoms with Crippen LogP contribution >= 0.6 is 23.1 Å². The van der Waals surface area contributed by atoms with Crippen molar-refractivity contribution in [2.45, 2.75) is 47.7 Å². The van der Waals surface area contributed by atoms with Gasteiger partial charge in [0.05, 0.1) is 0 Å². The number of hydrogen-bond donors (Lipinski definition) is 1. The van der Waals surface area contributed by atoms with E-state index in [0.29, 0.717) is 11.3 Å². The summed E-state index contributed by atoms with van der Waals surface area (Å²) < 4.78 is 1.10. The Morgan fingerprint density at radius 2 is 2.00 bits per heavy atom. The molecule has 0 radical (unpaired) electrons. The molecule has 1 fully saturated rings. The molecule has 0 aliphatic heterocycles. The van der Waals surface area contributed by atoms with Gasteiger partial charge in [-0.05, 0) is 19.9 Å². The lowest BCUT2D eigenvalue weighted by molar-refractivity contribution is 0.510. The minimum absolute atomic E-state index is 0.615. The van der Waals surface area contributed by atoms with E-state index in [0.717, 1.165) is 9.47 Å². The van der Waals surface area contributed by atoms with Gasteiger partial charge in [0.1, 0.15) is 0 Å². The highest BCUT2D eigenvalue weighted by Gasteiger charge is 2.24. The van der Waals surface area contributed by atoms with Crippen LogP contribution in [0.4, 0.5) is 5.13 Å². The summed E-state index contributed by atoms with van der Waals surface area (Å²) in [5.41, 5.74) is 0. The van der Waals surface area contributed by atoms with Crippen molar-refractivity contribution in [1.82, 2.24) is 15.5 Å². The molecule has 1 aromatic rings. The Morgan fingerprint density at radius 1 is 1.22 bits per heavy atom. The lowest BCUT2D eigenvalue weighted by atomic mass is 10.1. The molecular weight excluding hydrogens is 264 g/mol. The lowest BCUT2D eigenvalue weighted by Gasteiger charge is -2.22. The van der Waals surface area contributed by atoms with Gasteiger partial charge in [-0.3, -0.25) is 0 Å². The Bertz CT molecular complexity index is 367. The third-order valence-electron chi connectivity index (χ3n) is 3.35. The van der Waals surface area contributed by atoms with Crippen LogP contribution in [0.5, 0.6) is 0 Å². The maximum absolute atomic E-state index is 4.29. The quantitative estimate of drug-likeness (QED) is 0.862. The van der Waals surface area contributed by atoms with Crippen LogP contribution in [0.25, 0.3) is 0 Å². The van der Waals surface area contributed by atoms with Gasteiger partial charge in [0, 0.05) is 25.4 Å². The zero-order valence-electron chi connectivity index (χ0n) is 11.3. The van der Waals surface area contributed by atoms with E-state index in [1.807, 2.05) is 30.8 Å². The Kier molecular flexibility index (Phi) is 5.26. The molecule has 0 bridgehead atoms. The lowest BCUT2D eigenvalue weighted by Crippen LogP contribution is -2.34. The smallest absolute Gasteiger partial charge is 0.208 e. The van der Waals surface area contributed by atoms with Gasteiger partial charge < -0.3 is 10.2 Å². The number of anilines is 1. The van der Waals surface area contributed by atoms with Crippen molar-refractivity contribution in [2.75, 3.05) is 26.0 Å². The molecule has 0 aromatic carbocycles. The predicted octanol–water partition coefficient (Wildman–Crippen LogP) is 2.62. The summed E-state index contributed by atoms with van der Waals surface area (Å²) in [6.45, 7) is 0. The normalized spacial score (nSPS) is 24.8. The third kappa shape index (κ3) is 3.59. The standard InChI is InChI=1S/C12H22N4S2/c1-13-9-7-5-4-6-8-10(9)17-12-15-14-11(18-12)16(2)3/h9-10,13H,4-8H2,1-3H3. The van der Waals surface area contributed by atoms with Crippen LogP contribution in [0, 0.1) is 0 Å². The van der Waals surface area contributed by atoms with Gasteiger partial charge in [-0.25, -0.2) is 0 Å². The van der Waals surface area contributed by atoms with Crippen molar-refractivity contribution < 1.29 is 0 Å². The molecule has 0 amide bonds. The molecule has 2 rings (SSSR count). The van der Waals surface area contributed by atoms with E-state index in [1.165, 1.54) is 32.1 Å². The summed E-state index contributed by atoms with van der Waals surface area (Å²) in [7, 11) is 6.10. The Labute approximate surface area is 118 Å². The molecule has 1 aliphatic rings. The molecule has 102 valence electrons. The van der Waals surface area contributed by atoms with Crippen LogP contribution in [0.2, 0.25) is 0 Å². The average molecular weight is 286 g/mol. The number of rotatable bonds is 4. The second-order valence-electron chi connectivity index (χ2n) is 4.93. The molecule has 1 N–H and O–H groups in total. The first-order valence-corrected chi connectivity index (χ1v) is 8.25. The maximum Gasteiger partial charge on any atom is 0.208 e. The molecule has 18 heavy (non-hydrogen) atoms. The molecule has 1 heterocycles. The van der Waals surface area contributed by atoms with E-state index in [1.54, 1.807) is 11.3 Å². The summed E-state index contributed by atoms with van der Waals surface area (Å²) in [5.74, 6) is 0. The summed E-state index contributed by atoms with van der Waals surface area (Å²) in [6.07, 6.45) is 6.63. The molecule has 0 saturated heterocycles. The topological polar surface area (TPSA) is 41.1 Å². The number of aromatic nitrogens is 2. The molecule has 1 aliphatic carbocycles. The van der Waals surface area contributed by atoms with Gasteiger partial charge in [0.25, 0.3) is 0 Å². The fourth-order valence-electron chi connectivity index (χ4n) is 2.31. The molecule has 0 spiro atoms. The number of hydrogen-bond acceptors (Lipinski definition) is 6. The van der Waals surface area contributed by atoms with Crippen LogP contribution in [0.3, 0.4) is 0 Å². The van der Waals surface area contributed by atoms with Gasteiger partial charge in [0.2, 0.25) is 5.13 Å². The molecule has 6 heteroatoms. The van der Waals surface area contributed by atoms with Crippen LogP contribution in [0.1, 0.15) is 32.1 Å². The minimum atomic E-state index is 0.615. The predicted molar refractivity (Wildman–Crippen MR) is 79.8 cm³/mol. The van der Waals surface area contributed by atoms with Crippen LogP contribution in [0.15, 0.2) is 4.34 Å². The molecule has 2 atom stereocenters. The van der Waals surface area contributed by atoms with Crippen molar-refractivity contribution in [3.8, 4) is 0 Å². The highest BCUT2D eigenvalue weighted by molar-refractivity contribution is 8.01. The third-order valence-corrected chi connectivity index (χ3v) is 5.93. The van der Waals surface area contributed by atoms with Gasteiger partial charge in [-0.2, -0.15) is 0 Å². The molecule has 2 unspecified atom stereocenters. The largest absolute Gasteiger partial charge is 0.353 e. The van der Waals surface area contributed by atoms with Gasteiger partial charge >= 0.3 is 0 Å². The van der Waals surface area contributed by atoms with E-state index < -0.39 is 0 Å². The molecular formula is C12H22N4S2. The molecule has 1 saturated carbocycles. The first kappa shape index (κ1) is 14.1. The molecule has 4 nitrogen and oxygen atoms in total. The highest BCUT2D eigenvalue weighted by atomic mass is 32.2. The van der Waals surface area contributed by atoms with Crippen molar-refractivity contribution in [2.24, 2.45) is 0 Å². The Morgan fingerprint density at radius 3 is 2.67 bits per heavy atom. The van der Waals surface area contributed by atoms with E-state index in [2.05, 4.69) is 22.6 Å². The second kappa shape index (κ2) is 6.73. The number of thioether (sulfide) groups is 1. The zero-order valence-corrected chi connectivity index (χ0v) is 13.0. The van der Waals surface area contributed by atoms with Crippen LogP contribution in [-0.2, 0) is 0 Å². The highest BCUT2D eigenvalue weighted by Crippen LogP contribution is 2.35. The average Bonchev–Trinajstić information content (AvgIpc) is 2.70. The van der Waals surface area contributed by atoms with Crippen molar-refractivity contribution >= 4 is 28.2 Å². The first-order chi connectivity index (χ1) is 8.70. The molecule has 1 aromatic heterocycles. The van der Waals surface area contributed by atoms with Gasteiger partial charge in [-0.15, -0.1) is 10.2 Å². The van der Waals surface area contributed by atoms with Crippen molar-refractivity contribution in [1.29, 1.82) is 0 Å². The van der Waals surface area contributed by atoms with Crippen molar-refractivity contribution in [3.63, 3.8) is 0 Å². The second-order valence-corrected chi connectivity index (χ2v) is 7.38. The number of nitrogens with one attached hydrogen (secondary N) is 1. The summed E-state index contributed by atoms with van der Waals surface area (Å²) in [4.78, 5) is 2.02. The van der Waals surface area contributed by atoms with E-state index in [-0.39, 0.29) is 0 Å². The maximum atomic E-state index is 4.29. The zero-order chi connectivity index (χ0) is 13.0. The summed E-state index contributed by atoms with van der Waals surface area (Å²) in [6, 6.07) is 0.615.